The highest BCUT2D eigenvalue weighted by Crippen LogP contribution is 2.25. The zero-order valence-electron chi connectivity index (χ0n) is 11.9. The summed E-state index contributed by atoms with van der Waals surface area (Å²) in [4.78, 5) is 17.2. The molecule has 0 saturated heterocycles. The van der Waals surface area contributed by atoms with Crippen LogP contribution in [-0.4, -0.2) is 10.8 Å². The number of benzene rings is 2. The summed E-state index contributed by atoms with van der Waals surface area (Å²) < 4.78 is 1.05. The number of carbonyl (C=O) groups excluding carboxylic acids is 1. The molecule has 0 spiro atoms. The molecule has 3 aromatic rings. The van der Waals surface area contributed by atoms with Gasteiger partial charge in [-0.2, -0.15) is 0 Å². The number of ketones is 1. The fraction of sp³-hybridized carbons (Fsp3) is 0.111. The van der Waals surface area contributed by atoms with Crippen LogP contribution < -0.4 is 0 Å². The van der Waals surface area contributed by atoms with Crippen molar-refractivity contribution < 1.29 is 4.79 Å². The highest BCUT2D eigenvalue weighted by atomic mass is 79.9. The van der Waals surface area contributed by atoms with Crippen molar-refractivity contribution in [2.45, 2.75) is 13.8 Å². The molecular formula is C18H14BrNO. The van der Waals surface area contributed by atoms with Gasteiger partial charge in [-0.05, 0) is 49.2 Å². The fourth-order valence-electron chi connectivity index (χ4n) is 2.52. The van der Waals surface area contributed by atoms with Crippen molar-refractivity contribution in [1.82, 2.24) is 4.98 Å². The Labute approximate surface area is 132 Å². The van der Waals surface area contributed by atoms with E-state index in [-0.39, 0.29) is 5.78 Å². The van der Waals surface area contributed by atoms with Gasteiger partial charge in [0, 0.05) is 27.2 Å². The maximum absolute atomic E-state index is 12.8. The Balaban J connectivity index is 2.17. The Kier molecular flexibility index (Phi) is 3.60. The minimum Gasteiger partial charge on any atom is -0.289 e. The molecule has 0 fully saturated rings. The zero-order chi connectivity index (χ0) is 15.0. The van der Waals surface area contributed by atoms with E-state index in [1.54, 1.807) is 6.20 Å². The first-order valence-electron chi connectivity index (χ1n) is 6.73. The van der Waals surface area contributed by atoms with Crippen LogP contribution in [0, 0.1) is 13.8 Å². The van der Waals surface area contributed by atoms with Crippen molar-refractivity contribution >= 4 is 32.6 Å². The summed E-state index contributed by atoms with van der Waals surface area (Å²) in [5, 5.41) is 0.980. The first-order chi connectivity index (χ1) is 10.1. The summed E-state index contributed by atoms with van der Waals surface area (Å²) >= 11 is 3.53. The van der Waals surface area contributed by atoms with E-state index in [2.05, 4.69) is 20.9 Å². The largest absolute Gasteiger partial charge is 0.289 e. The maximum Gasteiger partial charge on any atom is 0.195 e. The number of pyridine rings is 1. The lowest BCUT2D eigenvalue weighted by atomic mass is 9.97. The van der Waals surface area contributed by atoms with Crippen molar-refractivity contribution in [1.29, 1.82) is 0 Å². The van der Waals surface area contributed by atoms with E-state index < -0.39 is 0 Å². The molecule has 0 aliphatic rings. The number of aromatic nitrogens is 1. The van der Waals surface area contributed by atoms with Crippen LogP contribution in [-0.2, 0) is 0 Å². The molecule has 3 rings (SSSR count). The SMILES string of the molecule is Cc1cc(C(=O)c2cccc3cccnc23)cc(C)c1Br. The smallest absolute Gasteiger partial charge is 0.195 e. The molecule has 0 saturated carbocycles. The molecule has 3 heteroatoms. The van der Waals surface area contributed by atoms with E-state index in [4.69, 9.17) is 0 Å². The summed E-state index contributed by atoms with van der Waals surface area (Å²) in [6.45, 7) is 3.99. The van der Waals surface area contributed by atoms with Crippen molar-refractivity contribution in [2.75, 3.05) is 0 Å². The van der Waals surface area contributed by atoms with Crippen LogP contribution in [0.15, 0.2) is 53.1 Å². The first-order valence-corrected chi connectivity index (χ1v) is 7.52. The summed E-state index contributed by atoms with van der Waals surface area (Å²) in [5.74, 6) is 0.0120. The number of rotatable bonds is 2. The van der Waals surface area contributed by atoms with E-state index in [9.17, 15) is 4.79 Å². The van der Waals surface area contributed by atoms with Gasteiger partial charge < -0.3 is 0 Å². The molecule has 0 bridgehead atoms. The topological polar surface area (TPSA) is 30.0 Å². The lowest BCUT2D eigenvalue weighted by molar-refractivity contribution is 0.104. The van der Waals surface area contributed by atoms with Gasteiger partial charge in [0.2, 0.25) is 0 Å². The van der Waals surface area contributed by atoms with Crippen LogP contribution in [0.2, 0.25) is 0 Å². The molecule has 1 aromatic heterocycles. The monoisotopic (exact) mass is 339 g/mol. The normalized spacial score (nSPS) is 10.8. The van der Waals surface area contributed by atoms with Gasteiger partial charge in [0.25, 0.3) is 0 Å². The van der Waals surface area contributed by atoms with E-state index in [1.165, 1.54) is 0 Å². The number of nitrogens with zero attached hydrogens (tertiary/aromatic N) is 1. The second-order valence-corrected chi connectivity index (χ2v) is 5.93. The van der Waals surface area contributed by atoms with Crippen molar-refractivity contribution in [3.63, 3.8) is 0 Å². The lowest BCUT2D eigenvalue weighted by Gasteiger charge is -2.09. The molecule has 0 amide bonds. The third kappa shape index (κ3) is 2.49. The van der Waals surface area contributed by atoms with Gasteiger partial charge in [-0.3, -0.25) is 9.78 Å². The van der Waals surface area contributed by atoms with Gasteiger partial charge >= 0.3 is 0 Å². The number of para-hydroxylation sites is 1. The molecule has 0 radical (unpaired) electrons. The Bertz CT molecular complexity index is 826. The van der Waals surface area contributed by atoms with Crippen LogP contribution >= 0.6 is 15.9 Å². The zero-order valence-corrected chi connectivity index (χ0v) is 13.4. The molecule has 0 aliphatic carbocycles. The van der Waals surface area contributed by atoms with Gasteiger partial charge in [0.1, 0.15) is 0 Å². The average molecular weight is 340 g/mol. The molecule has 21 heavy (non-hydrogen) atoms. The van der Waals surface area contributed by atoms with E-state index in [1.807, 2.05) is 56.3 Å². The molecule has 0 atom stereocenters. The number of fused-ring (bicyclic) bond motifs is 1. The predicted octanol–water partition coefficient (Wildman–Crippen LogP) is 4.85. The molecule has 2 nitrogen and oxygen atoms in total. The van der Waals surface area contributed by atoms with E-state index in [0.29, 0.717) is 11.1 Å². The molecule has 1 heterocycles. The summed E-state index contributed by atoms with van der Waals surface area (Å²) in [6.07, 6.45) is 1.72. The summed E-state index contributed by atoms with van der Waals surface area (Å²) in [5.41, 5.74) is 4.22. The van der Waals surface area contributed by atoms with Crippen LogP contribution in [0.5, 0.6) is 0 Å². The Morgan fingerprint density at radius 3 is 2.43 bits per heavy atom. The van der Waals surface area contributed by atoms with Crippen molar-refractivity contribution in [3.8, 4) is 0 Å². The van der Waals surface area contributed by atoms with Crippen molar-refractivity contribution in [2.24, 2.45) is 0 Å². The Hall–Kier alpha value is -2.00. The van der Waals surface area contributed by atoms with Gasteiger partial charge in [-0.15, -0.1) is 0 Å². The standard InChI is InChI=1S/C18H14BrNO/c1-11-9-14(10-12(2)16(11)19)18(21)15-7-3-5-13-6-4-8-20-17(13)15/h3-10H,1-2H3. The third-order valence-corrected chi connectivity index (χ3v) is 4.83. The quantitative estimate of drug-likeness (QED) is 0.625. The third-order valence-electron chi connectivity index (χ3n) is 3.58. The molecule has 2 aromatic carbocycles. The molecule has 104 valence electrons. The highest BCUT2D eigenvalue weighted by Gasteiger charge is 2.15. The van der Waals surface area contributed by atoms with E-state index in [0.717, 1.165) is 26.5 Å². The molecule has 0 aliphatic heterocycles. The minimum absolute atomic E-state index is 0.0120. The van der Waals surface area contributed by atoms with Crippen molar-refractivity contribution in [3.05, 3.63) is 75.4 Å². The number of carbonyl (C=O) groups is 1. The summed E-state index contributed by atoms with van der Waals surface area (Å²) in [6, 6.07) is 13.4. The molecule has 0 unspecified atom stereocenters. The van der Waals surface area contributed by atoms with Crippen LogP contribution in [0.4, 0.5) is 0 Å². The van der Waals surface area contributed by atoms with Gasteiger partial charge in [-0.1, -0.05) is 34.1 Å². The van der Waals surface area contributed by atoms with E-state index >= 15 is 0 Å². The fourth-order valence-corrected chi connectivity index (χ4v) is 2.75. The summed E-state index contributed by atoms with van der Waals surface area (Å²) in [7, 11) is 0. The molecular weight excluding hydrogens is 326 g/mol. The van der Waals surface area contributed by atoms with Gasteiger partial charge in [0.05, 0.1) is 5.52 Å². The second kappa shape index (κ2) is 5.41. The Morgan fingerprint density at radius 2 is 1.71 bits per heavy atom. The second-order valence-electron chi connectivity index (χ2n) is 5.13. The Morgan fingerprint density at radius 1 is 1.05 bits per heavy atom. The van der Waals surface area contributed by atoms with Gasteiger partial charge in [0.15, 0.2) is 5.78 Å². The van der Waals surface area contributed by atoms with Crippen LogP contribution in [0.1, 0.15) is 27.0 Å². The molecule has 0 N–H and O–H groups in total. The maximum atomic E-state index is 12.8. The predicted molar refractivity (Wildman–Crippen MR) is 88.8 cm³/mol. The number of halogens is 1. The minimum atomic E-state index is 0.0120. The van der Waals surface area contributed by atoms with Crippen LogP contribution in [0.25, 0.3) is 10.9 Å². The number of hydrogen-bond acceptors (Lipinski definition) is 2. The number of hydrogen-bond donors (Lipinski definition) is 0. The highest BCUT2D eigenvalue weighted by molar-refractivity contribution is 9.10. The first kappa shape index (κ1) is 14.0. The number of aryl methyl sites for hydroxylation is 2. The average Bonchev–Trinajstić information content (AvgIpc) is 2.51. The lowest BCUT2D eigenvalue weighted by Crippen LogP contribution is -2.04. The van der Waals surface area contributed by atoms with Gasteiger partial charge in [-0.25, -0.2) is 0 Å². The van der Waals surface area contributed by atoms with Crippen LogP contribution in [0.3, 0.4) is 0 Å².